The van der Waals surface area contributed by atoms with Gasteiger partial charge in [0.25, 0.3) is 0 Å². The van der Waals surface area contributed by atoms with Crippen molar-refractivity contribution in [3.05, 3.63) is 23.8 Å². The highest BCUT2D eigenvalue weighted by molar-refractivity contribution is 6.62. The van der Waals surface area contributed by atoms with Crippen LogP contribution in [0.25, 0.3) is 0 Å². The van der Waals surface area contributed by atoms with Crippen LogP contribution in [0.2, 0.25) is 0 Å². The zero-order valence-corrected chi connectivity index (χ0v) is 13.1. The summed E-state index contributed by atoms with van der Waals surface area (Å²) in [5.41, 5.74) is 2.04. The second kappa shape index (κ2) is 4.48. The molecule has 1 saturated heterocycles. The summed E-state index contributed by atoms with van der Waals surface area (Å²) >= 11 is 0. The maximum atomic E-state index is 11.5. The molecular weight excluding hydrogens is 269 g/mol. The second-order valence-electron chi connectivity index (χ2n) is 6.59. The van der Waals surface area contributed by atoms with Gasteiger partial charge in [0, 0.05) is 12.6 Å². The number of cyclic esters (lactones) is 1. The van der Waals surface area contributed by atoms with Crippen molar-refractivity contribution in [1.82, 2.24) is 0 Å². The van der Waals surface area contributed by atoms with Crippen LogP contribution in [0.15, 0.2) is 18.2 Å². The fourth-order valence-electron chi connectivity index (χ4n) is 2.51. The van der Waals surface area contributed by atoms with Gasteiger partial charge in [-0.1, -0.05) is 12.1 Å². The van der Waals surface area contributed by atoms with Crippen molar-refractivity contribution in [1.29, 1.82) is 0 Å². The van der Waals surface area contributed by atoms with Crippen LogP contribution in [0.1, 0.15) is 33.3 Å². The van der Waals surface area contributed by atoms with E-state index in [0.717, 1.165) is 16.7 Å². The van der Waals surface area contributed by atoms with Gasteiger partial charge >= 0.3 is 13.2 Å². The molecule has 2 aliphatic rings. The van der Waals surface area contributed by atoms with E-state index in [1.54, 1.807) is 7.05 Å². The van der Waals surface area contributed by atoms with E-state index in [0.29, 0.717) is 0 Å². The third-order valence-corrected chi connectivity index (χ3v) is 4.62. The highest BCUT2D eigenvalue weighted by atomic mass is 16.7. The van der Waals surface area contributed by atoms with Crippen LogP contribution < -0.4 is 10.4 Å². The third kappa shape index (κ3) is 2.22. The summed E-state index contributed by atoms with van der Waals surface area (Å²) in [5, 5.41) is 0. The molecule has 21 heavy (non-hydrogen) atoms. The summed E-state index contributed by atoms with van der Waals surface area (Å²) < 4.78 is 17.2. The molecule has 112 valence electrons. The van der Waals surface area contributed by atoms with Crippen molar-refractivity contribution in [3.8, 4) is 0 Å². The normalized spacial score (nSPS) is 23.0. The lowest BCUT2D eigenvalue weighted by atomic mass is 9.78. The van der Waals surface area contributed by atoms with Crippen molar-refractivity contribution in [2.75, 3.05) is 11.9 Å². The van der Waals surface area contributed by atoms with Gasteiger partial charge in [-0.2, -0.15) is 0 Å². The average molecular weight is 289 g/mol. The maximum absolute atomic E-state index is 11.5. The number of hydrogen-bond donors (Lipinski definition) is 0. The molecule has 0 aromatic heterocycles. The molecule has 0 bridgehead atoms. The molecule has 6 heteroatoms. The number of fused-ring (bicyclic) bond motifs is 1. The van der Waals surface area contributed by atoms with Crippen molar-refractivity contribution in [2.24, 2.45) is 0 Å². The summed E-state index contributed by atoms with van der Waals surface area (Å²) in [6.07, 6.45) is -0.328. The molecule has 0 unspecified atom stereocenters. The number of ether oxygens (including phenoxy) is 1. The van der Waals surface area contributed by atoms with Crippen LogP contribution in [0.5, 0.6) is 0 Å². The molecule has 2 heterocycles. The summed E-state index contributed by atoms with van der Waals surface area (Å²) in [4.78, 5) is 13.0. The zero-order valence-electron chi connectivity index (χ0n) is 13.1. The van der Waals surface area contributed by atoms with E-state index in [1.165, 1.54) is 4.90 Å². The Hall–Kier alpha value is -1.53. The van der Waals surface area contributed by atoms with Gasteiger partial charge in [-0.05, 0) is 39.2 Å². The Bertz CT molecular complexity index is 583. The third-order valence-electron chi connectivity index (χ3n) is 4.62. The van der Waals surface area contributed by atoms with Gasteiger partial charge in [0.15, 0.2) is 0 Å². The summed E-state index contributed by atoms with van der Waals surface area (Å²) in [5.74, 6) is 0. The smallest absolute Gasteiger partial charge is 0.444 e. The Kier molecular flexibility index (Phi) is 3.08. The van der Waals surface area contributed by atoms with E-state index in [9.17, 15) is 4.79 Å². The number of carbonyl (C=O) groups is 1. The van der Waals surface area contributed by atoms with E-state index < -0.39 is 7.12 Å². The lowest BCUT2D eigenvalue weighted by Crippen LogP contribution is -2.41. The Balaban J connectivity index is 1.91. The van der Waals surface area contributed by atoms with Gasteiger partial charge in [-0.3, -0.25) is 4.90 Å². The van der Waals surface area contributed by atoms with Crippen molar-refractivity contribution in [2.45, 2.75) is 45.5 Å². The second-order valence-corrected chi connectivity index (χ2v) is 6.59. The standard InChI is InChI=1S/C15H20BNO4/c1-14(2)15(3,4)21-16(20-14)11-6-7-12-10(8-11)9-19-13(18)17(12)5/h6-8H,9H2,1-5H3. The summed E-state index contributed by atoms with van der Waals surface area (Å²) in [6, 6.07) is 5.84. The Morgan fingerprint density at radius 2 is 1.76 bits per heavy atom. The summed E-state index contributed by atoms with van der Waals surface area (Å²) in [6.45, 7) is 8.40. The first kappa shape index (κ1) is 14.4. The SMILES string of the molecule is CN1C(=O)OCc2cc(B3OC(C)(C)C(C)(C)O3)ccc21. The zero-order chi connectivity index (χ0) is 15.4. The van der Waals surface area contributed by atoms with Gasteiger partial charge in [0.05, 0.1) is 16.9 Å². The van der Waals surface area contributed by atoms with Gasteiger partial charge < -0.3 is 14.0 Å². The predicted molar refractivity (Wildman–Crippen MR) is 80.7 cm³/mol. The van der Waals surface area contributed by atoms with E-state index in [1.807, 2.05) is 45.9 Å². The maximum Gasteiger partial charge on any atom is 0.494 e. The molecule has 0 spiro atoms. The van der Waals surface area contributed by atoms with Crippen LogP contribution in [0, 0.1) is 0 Å². The molecule has 1 fully saturated rings. The van der Waals surface area contributed by atoms with Crippen molar-refractivity contribution >= 4 is 24.4 Å². The van der Waals surface area contributed by atoms with Gasteiger partial charge in [-0.15, -0.1) is 0 Å². The monoisotopic (exact) mass is 289 g/mol. The Morgan fingerprint density at radius 1 is 1.14 bits per heavy atom. The lowest BCUT2D eigenvalue weighted by molar-refractivity contribution is 0.00578. The first-order valence-electron chi connectivity index (χ1n) is 7.10. The minimum atomic E-state index is -0.400. The number of anilines is 1. The number of carbonyl (C=O) groups excluding carboxylic acids is 1. The van der Waals surface area contributed by atoms with Crippen molar-refractivity contribution in [3.63, 3.8) is 0 Å². The molecular formula is C15H20BNO4. The molecule has 0 N–H and O–H groups in total. The van der Waals surface area contributed by atoms with Gasteiger partial charge in [-0.25, -0.2) is 4.79 Å². The van der Waals surface area contributed by atoms with E-state index in [4.69, 9.17) is 14.0 Å². The largest absolute Gasteiger partial charge is 0.494 e. The molecule has 0 radical (unpaired) electrons. The first-order chi connectivity index (χ1) is 9.71. The first-order valence-corrected chi connectivity index (χ1v) is 7.10. The average Bonchev–Trinajstić information content (AvgIpc) is 2.63. The molecule has 0 saturated carbocycles. The Labute approximate surface area is 125 Å². The molecule has 1 amide bonds. The molecule has 3 rings (SSSR count). The van der Waals surface area contributed by atoms with Crippen LogP contribution in [-0.2, 0) is 20.7 Å². The molecule has 0 atom stereocenters. The molecule has 1 aromatic rings. The Morgan fingerprint density at radius 3 is 2.38 bits per heavy atom. The van der Waals surface area contributed by atoms with Gasteiger partial charge in [0.2, 0.25) is 0 Å². The fourth-order valence-corrected chi connectivity index (χ4v) is 2.51. The van der Waals surface area contributed by atoms with Gasteiger partial charge in [0.1, 0.15) is 6.61 Å². The highest BCUT2D eigenvalue weighted by Gasteiger charge is 2.51. The number of benzene rings is 1. The number of nitrogens with zero attached hydrogens (tertiary/aromatic N) is 1. The quantitative estimate of drug-likeness (QED) is 0.743. The molecule has 1 aromatic carbocycles. The van der Waals surface area contributed by atoms with Crippen LogP contribution in [-0.4, -0.2) is 31.5 Å². The number of hydrogen-bond acceptors (Lipinski definition) is 4. The van der Waals surface area contributed by atoms with E-state index >= 15 is 0 Å². The van der Waals surface area contributed by atoms with Crippen LogP contribution >= 0.6 is 0 Å². The van der Waals surface area contributed by atoms with Crippen LogP contribution in [0.3, 0.4) is 0 Å². The molecule has 5 nitrogen and oxygen atoms in total. The lowest BCUT2D eigenvalue weighted by Gasteiger charge is -2.32. The molecule has 0 aliphatic carbocycles. The molecule has 2 aliphatic heterocycles. The highest BCUT2D eigenvalue weighted by Crippen LogP contribution is 2.37. The van der Waals surface area contributed by atoms with E-state index in [2.05, 4.69) is 0 Å². The van der Waals surface area contributed by atoms with Crippen molar-refractivity contribution < 1.29 is 18.8 Å². The predicted octanol–water partition coefficient (Wildman–Crippen LogP) is 2.07. The summed E-state index contributed by atoms with van der Waals surface area (Å²) in [7, 11) is 1.30. The van der Waals surface area contributed by atoms with E-state index in [-0.39, 0.29) is 23.9 Å². The fraction of sp³-hybridized carbons (Fsp3) is 0.533. The number of amides is 1. The number of rotatable bonds is 1. The topological polar surface area (TPSA) is 48.0 Å². The minimum Gasteiger partial charge on any atom is -0.444 e. The van der Waals surface area contributed by atoms with Crippen LogP contribution in [0.4, 0.5) is 10.5 Å². The minimum absolute atomic E-state index is 0.284.